The Bertz CT molecular complexity index is 665. The maximum Gasteiger partial charge on any atom is 0.326 e. The van der Waals surface area contributed by atoms with Gasteiger partial charge >= 0.3 is 5.97 Å². The molecule has 0 aromatic heterocycles. The molecular formula is C17H24N4O6. The third kappa shape index (κ3) is 7.84. The molecule has 0 radical (unpaired) electrons. The molecule has 3 atom stereocenters. The largest absolute Gasteiger partial charge is 0.480 e. The zero-order valence-electron chi connectivity index (χ0n) is 14.8. The summed E-state index contributed by atoms with van der Waals surface area (Å²) in [6, 6.07) is 6.07. The second kappa shape index (κ2) is 10.9. The lowest BCUT2D eigenvalue weighted by Crippen LogP contribution is -2.57. The number of nitrogens with one attached hydrogen (secondary N) is 3. The standard InChI is InChI=1S/C17H24N4O6/c1-10(22)15(21-14(24)9-19-13(23)8-18)16(25)20-12(17(26)27)7-11-5-3-2-4-6-11/h2-6,10,12,15,22H,7-9,18H2,1H3,(H,19,23)(H,20,25)(H,21,24)(H,26,27). The monoisotopic (exact) mass is 380 g/mol. The minimum absolute atomic E-state index is 0.0367. The predicted octanol–water partition coefficient (Wildman–Crippen LogP) is -2.26. The highest BCUT2D eigenvalue weighted by molar-refractivity contribution is 5.92. The van der Waals surface area contributed by atoms with E-state index in [0.717, 1.165) is 0 Å². The number of aliphatic hydroxyl groups excluding tert-OH is 1. The molecule has 0 aliphatic rings. The Morgan fingerprint density at radius 3 is 2.22 bits per heavy atom. The third-order valence-electron chi connectivity index (χ3n) is 3.61. The number of carboxylic acids is 1. The number of aliphatic carboxylic acids is 1. The van der Waals surface area contributed by atoms with Gasteiger partial charge in [0.25, 0.3) is 0 Å². The Kier molecular flexibility index (Phi) is 8.90. The van der Waals surface area contributed by atoms with Crippen LogP contribution in [-0.2, 0) is 25.6 Å². The molecule has 10 heteroatoms. The van der Waals surface area contributed by atoms with E-state index in [-0.39, 0.29) is 13.0 Å². The van der Waals surface area contributed by atoms with E-state index < -0.39 is 48.4 Å². The van der Waals surface area contributed by atoms with Crippen molar-refractivity contribution in [2.45, 2.75) is 31.5 Å². The molecule has 0 saturated heterocycles. The van der Waals surface area contributed by atoms with Gasteiger partial charge in [0.05, 0.1) is 19.2 Å². The lowest BCUT2D eigenvalue weighted by atomic mass is 10.0. The molecule has 148 valence electrons. The average molecular weight is 380 g/mol. The zero-order valence-corrected chi connectivity index (χ0v) is 14.8. The average Bonchev–Trinajstić information content (AvgIpc) is 2.63. The van der Waals surface area contributed by atoms with Gasteiger partial charge in [-0.2, -0.15) is 0 Å². The van der Waals surface area contributed by atoms with Crippen molar-refractivity contribution in [3.05, 3.63) is 35.9 Å². The van der Waals surface area contributed by atoms with E-state index in [1.54, 1.807) is 30.3 Å². The predicted molar refractivity (Wildman–Crippen MR) is 95.4 cm³/mol. The summed E-state index contributed by atoms with van der Waals surface area (Å²) >= 11 is 0. The van der Waals surface area contributed by atoms with Crippen molar-refractivity contribution < 1.29 is 29.4 Å². The molecular weight excluding hydrogens is 356 g/mol. The van der Waals surface area contributed by atoms with Crippen LogP contribution in [0.4, 0.5) is 0 Å². The van der Waals surface area contributed by atoms with E-state index >= 15 is 0 Å². The van der Waals surface area contributed by atoms with Crippen LogP contribution in [0.25, 0.3) is 0 Å². The van der Waals surface area contributed by atoms with Gasteiger partial charge < -0.3 is 31.9 Å². The van der Waals surface area contributed by atoms with E-state index in [1.807, 2.05) is 0 Å². The van der Waals surface area contributed by atoms with Crippen molar-refractivity contribution in [1.82, 2.24) is 16.0 Å². The number of carbonyl (C=O) groups is 4. The number of hydrogen-bond donors (Lipinski definition) is 6. The second-order valence-electron chi connectivity index (χ2n) is 5.86. The number of carboxylic acid groups (broad SMARTS) is 1. The zero-order chi connectivity index (χ0) is 20.4. The number of carbonyl (C=O) groups excluding carboxylic acids is 3. The molecule has 0 aliphatic carbocycles. The van der Waals surface area contributed by atoms with E-state index in [1.165, 1.54) is 6.92 Å². The number of nitrogens with two attached hydrogens (primary N) is 1. The van der Waals surface area contributed by atoms with Gasteiger partial charge in [-0.15, -0.1) is 0 Å². The first-order chi connectivity index (χ1) is 12.7. The van der Waals surface area contributed by atoms with Crippen LogP contribution in [0, 0.1) is 0 Å². The highest BCUT2D eigenvalue weighted by atomic mass is 16.4. The first-order valence-electron chi connectivity index (χ1n) is 8.26. The smallest absolute Gasteiger partial charge is 0.326 e. The maximum absolute atomic E-state index is 12.4. The Labute approximate surface area is 156 Å². The van der Waals surface area contributed by atoms with Crippen molar-refractivity contribution in [1.29, 1.82) is 0 Å². The Morgan fingerprint density at radius 2 is 1.70 bits per heavy atom. The molecule has 3 unspecified atom stereocenters. The van der Waals surface area contributed by atoms with Gasteiger partial charge in [0.1, 0.15) is 12.1 Å². The van der Waals surface area contributed by atoms with Crippen LogP contribution < -0.4 is 21.7 Å². The van der Waals surface area contributed by atoms with E-state index in [4.69, 9.17) is 5.73 Å². The summed E-state index contributed by atoms with van der Waals surface area (Å²) in [4.78, 5) is 46.7. The molecule has 1 aromatic rings. The molecule has 0 aliphatic heterocycles. The van der Waals surface area contributed by atoms with Crippen LogP contribution in [0.15, 0.2) is 30.3 Å². The molecule has 0 spiro atoms. The van der Waals surface area contributed by atoms with Crippen LogP contribution in [0.1, 0.15) is 12.5 Å². The Balaban J connectivity index is 2.73. The van der Waals surface area contributed by atoms with Crippen molar-refractivity contribution in [2.75, 3.05) is 13.1 Å². The summed E-state index contributed by atoms with van der Waals surface area (Å²) in [5.41, 5.74) is 5.80. The topological polar surface area (TPSA) is 171 Å². The fourth-order valence-electron chi connectivity index (χ4n) is 2.19. The normalized spacial score (nSPS) is 13.7. The fourth-order valence-corrected chi connectivity index (χ4v) is 2.19. The lowest BCUT2D eigenvalue weighted by Gasteiger charge is -2.23. The molecule has 1 aromatic carbocycles. The van der Waals surface area contributed by atoms with Gasteiger partial charge in [0.2, 0.25) is 17.7 Å². The van der Waals surface area contributed by atoms with Gasteiger partial charge in [0.15, 0.2) is 0 Å². The van der Waals surface area contributed by atoms with Crippen molar-refractivity contribution in [2.24, 2.45) is 5.73 Å². The first kappa shape index (κ1) is 22.1. The molecule has 0 fully saturated rings. The lowest BCUT2D eigenvalue weighted by molar-refractivity contribution is -0.142. The van der Waals surface area contributed by atoms with Crippen LogP contribution in [0.5, 0.6) is 0 Å². The van der Waals surface area contributed by atoms with Gasteiger partial charge in [-0.1, -0.05) is 30.3 Å². The van der Waals surface area contributed by atoms with Gasteiger partial charge in [-0.05, 0) is 12.5 Å². The highest BCUT2D eigenvalue weighted by Crippen LogP contribution is 2.04. The van der Waals surface area contributed by atoms with Crippen LogP contribution >= 0.6 is 0 Å². The minimum Gasteiger partial charge on any atom is -0.480 e. The quantitative estimate of drug-likeness (QED) is 0.266. The Morgan fingerprint density at radius 1 is 1.07 bits per heavy atom. The van der Waals surface area contributed by atoms with Crippen molar-refractivity contribution >= 4 is 23.7 Å². The van der Waals surface area contributed by atoms with Gasteiger partial charge in [-0.25, -0.2) is 4.79 Å². The summed E-state index contributed by atoms with van der Waals surface area (Å²) in [5.74, 6) is -3.39. The number of hydrogen-bond acceptors (Lipinski definition) is 6. The van der Waals surface area contributed by atoms with Crippen LogP contribution in [0.2, 0.25) is 0 Å². The number of benzene rings is 1. The molecule has 10 nitrogen and oxygen atoms in total. The molecule has 0 heterocycles. The molecule has 3 amide bonds. The summed E-state index contributed by atoms with van der Waals surface area (Å²) in [5, 5.41) is 25.9. The SMILES string of the molecule is CC(O)C(NC(=O)CNC(=O)CN)C(=O)NC(Cc1ccccc1)C(=O)O. The summed E-state index contributed by atoms with van der Waals surface area (Å²) in [7, 11) is 0. The van der Waals surface area contributed by atoms with E-state index in [0.29, 0.717) is 5.56 Å². The van der Waals surface area contributed by atoms with Crippen molar-refractivity contribution in [3.8, 4) is 0 Å². The Hall–Kier alpha value is -2.98. The first-order valence-corrected chi connectivity index (χ1v) is 8.26. The van der Waals surface area contributed by atoms with Crippen molar-refractivity contribution in [3.63, 3.8) is 0 Å². The molecule has 0 bridgehead atoms. The summed E-state index contributed by atoms with van der Waals surface area (Å²) < 4.78 is 0. The van der Waals surface area contributed by atoms with E-state index in [2.05, 4.69) is 16.0 Å². The number of rotatable bonds is 10. The van der Waals surface area contributed by atoms with Gasteiger partial charge in [-0.3, -0.25) is 14.4 Å². The molecule has 1 rings (SSSR count). The summed E-state index contributed by atoms with van der Waals surface area (Å²) in [6.45, 7) is 0.544. The van der Waals surface area contributed by atoms with E-state index in [9.17, 15) is 29.4 Å². The van der Waals surface area contributed by atoms with Crippen LogP contribution in [-0.4, -0.2) is 65.2 Å². The second-order valence-corrected chi connectivity index (χ2v) is 5.86. The molecule has 0 saturated carbocycles. The molecule has 7 N–H and O–H groups in total. The maximum atomic E-state index is 12.4. The fraction of sp³-hybridized carbons (Fsp3) is 0.412. The number of aliphatic hydroxyl groups is 1. The number of amides is 3. The highest BCUT2D eigenvalue weighted by Gasteiger charge is 2.29. The minimum atomic E-state index is -1.38. The summed E-state index contributed by atoms with van der Waals surface area (Å²) in [6.07, 6.45) is -1.25. The van der Waals surface area contributed by atoms with Crippen LogP contribution in [0.3, 0.4) is 0 Å². The van der Waals surface area contributed by atoms with Gasteiger partial charge in [0, 0.05) is 6.42 Å². The third-order valence-corrected chi connectivity index (χ3v) is 3.61. The molecule has 27 heavy (non-hydrogen) atoms.